The second kappa shape index (κ2) is 6.02. The Hall–Kier alpha value is -1.62. The molecule has 1 unspecified atom stereocenters. The molecule has 0 aliphatic carbocycles. The number of pyridine rings is 1. The number of nitrogens with one attached hydrogen (secondary N) is 2. The summed E-state index contributed by atoms with van der Waals surface area (Å²) in [6.07, 6.45) is 3.71. The van der Waals surface area contributed by atoms with Gasteiger partial charge < -0.3 is 10.6 Å². The van der Waals surface area contributed by atoms with E-state index < -0.39 is 0 Å². The number of aromatic nitrogens is 1. The largest absolute Gasteiger partial charge is 0.352 e. The number of hydrogen-bond acceptors (Lipinski definition) is 2. The van der Waals surface area contributed by atoms with Gasteiger partial charge in [-0.15, -0.1) is 0 Å². The lowest BCUT2D eigenvalue weighted by Crippen LogP contribution is -2.40. The smallest absolute Gasteiger partial charge is 0.171 e. The third-order valence-electron chi connectivity index (χ3n) is 3.12. The van der Waals surface area contributed by atoms with E-state index in [1.807, 2.05) is 42.5 Å². The molecule has 1 aliphatic rings. The SMILES string of the molecule is S=C1NC(c2ccccn2)=CC(c2c(Cl)cccc2Cl)N1. The molecule has 0 radical (unpaired) electrons. The van der Waals surface area contributed by atoms with Gasteiger partial charge in [-0.2, -0.15) is 0 Å². The maximum Gasteiger partial charge on any atom is 0.171 e. The van der Waals surface area contributed by atoms with E-state index in [0.29, 0.717) is 15.2 Å². The lowest BCUT2D eigenvalue weighted by Gasteiger charge is -2.27. The van der Waals surface area contributed by atoms with Crippen molar-refractivity contribution in [3.05, 3.63) is 70.0 Å². The summed E-state index contributed by atoms with van der Waals surface area (Å²) < 4.78 is 0. The van der Waals surface area contributed by atoms with Crippen LogP contribution in [0.4, 0.5) is 0 Å². The molecule has 2 aromatic rings. The van der Waals surface area contributed by atoms with Crippen molar-refractivity contribution in [3.8, 4) is 0 Å². The molecule has 0 amide bonds. The Labute approximate surface area is 138 Å². The molecule has 0 bridgehead atoms. The Morgan fingerprint density at radius 2 is 1.81 bits per heavy atom. The number of thiocarbonyl (C=S) groups is 1. The molecule has 2 heterocycles. The van der Waals surface area contributed by atoms with Crippen LogP contribution in [0.3, 0.4) is 0 Å². The summed E-state index contributed by atoms with van der Waals surface area (Å²) >= 11 is 17.8. The molecule has 6 heteroatoms. The Bertz CT molecular complexity index is 696. The molecule has 1 aromatic carbocycles. The predicted molar refractivity (Wildman–Crippen MR) is 90.3 cm³/mol. The minimum atomic E-state index is -0.197. The summed E-state index contributed by atoms with van der Waals surface area (Å²) in [7, 11) is 0. The van der Waals surface area contributed by atoms with Gasteiger partial charge in [0.05, 0.1) is 17.4 Å². The van der Waals surface area contributed by atoms with E-state index in [2.05, 4.69) is 15.6 Å². The van der Waals surface area contributed by atoms with Crippen LogP contribution in [0, 0.1) is 0 Å². The molecular weight excluding hydrogens is 325 g/mol. The Morgan fingerprint density at radius 3 is 2.48 bits per heavy atom. The monoisotopic (exact) mass is 335 g/mol. The number of halogens is 2. The van der Waals surface area contributed by atoms with Gasteiger partial charge in [-0.3, -0.25) is 4.98 Å². The molecule has 0 spiro atoms. The first-order chi connectivity index (χ1) is 10.1. The van der Waals surface area contributed by atoms with Gasteiger partial charge in [0.15, 0.2) is 5.11 Å². The topological polar surface area (TPSA) is 37.0 Å². The van der Waals surface area contributed by atoms with Gasteiger partial charge in [-0.1, -0.05) is 35.3 Å². The second-order valence-electron chi connectivity index (χ2n) is 4.51. The first-order valence-corrected chi connectivity index (χ1v) is 7.46. The second-order valence-corrected chi connectivity index (χ2v) is 5.73. The highest BCUT2D eigenvalue weighted by molar-refractivity contribution is 7.80. The summed E-state index contributed by atoms with van der Waals surface area (Å²) in [5, 5.41) is 7.98. The van der Waals surface area contributed by atoms with Crippen molar-refractivity contribution >= 4 is 46.2 Å². The minimum absolute atomic E-state index is 0.197. The van der Waals surface area contributed by atoms with Crippen molar-refractivity contribution in [3.63, 3.8) is 0 Å². The maximum absolute atomic E-state index is 6.27. The zero-order chi connectivity index (χ0) is 14.8. The van der Waals surface area contributed by atoms with Crippen LogP contribution in [0.2, 0.25) is 10.0 Å². The Morgan fingerprint density at radius 1 is 1.05 bits per heavy atom. The van der Waals surface area contributed by atoms with Crippen molar-refractivity contribution in [2.75, 3.05) is 0 Å². The number of hydrogen-bond donors (Lipinski definition) is 2. The van der Waals surface area contributed by atoms with Crippen molar-refractivity contribution in [2.24, 2.45) is 0 Å². The molecule has 0 fully saturated rings. The van der Waals surface area contributed by atoms with Crippen LogP contribution in [-0.4, -0.2) is 10.1 Å². The number of rotatable bonds is 2. The zero-order valence-electron chi connectivity index (χ0n) is 10.8. The van der Waals surface area contributed by atoms with E-state index in [1.165, 1.54) is 0 Å². The van der Waals surface area contributed by atoms with E-state index in [9.17, 15) is 0 Å². The van der Waals surface area contributed by atoms with Gasteiger partial charge >= 0.3 is 0 Å². The average molecular weight is 336 g/mol. The standard InChI is InChI=1S/C15H11Cl2N3S/c16-9-4-3-5-10(17)14(9)13-8-12(19-15(21)20-13)11-6-1-2-7-18-11/h1-8,13H,(H2,19,20,21). The molecule has 3 rings (SSSR count). The molecule has 3 nitrogen and oxygen atoms in total. The van der Waals surface area contributed by atoms with Gasteiger partial charge in [0.1, 0.15) is 0 Å². The van der Waals surface area contributed by atoms with E-state index in [4.69, 9.17) is 35.4 Å². The lowest BCUT2D eigenvalue weighted by atomic mass is 10.0. The molecule has 1 atom stereocenters. The van der Waals surface area contributed by atoms with Crippen LogP contribution in [0.15, 0.2) is 48.7 Å². The molecular formula is C15H11Cl2N3S. The van der Waals surface area contributed by atoms with Crippen molar-refractivity contribution in [1.29, 1.82) is 0 Å². The third kappa shape index (κ3) is 3.02. The molecule has 1 aromatic heterocycles. The predicted octanol–water partition coefficient (Wildman–Crippen LogP) is 3.95. The van der Waals surface area contributed by atoms with Crippen LogP contribution in [0.1, 0.15) is 17.3 Å². The summed E-state index contributed by atoms with van der Waals surface area (Å²) in [6, 6.07) is 10.9. The van der Waals surface area contributed by atoms with Gasteiger partial charge in [0.2, 0.25) is 0 Å². The Kier molecular flexibility index (Phi) is 4.10. The zero-order valence-corrected chi connectivity index (χ0v) is 13.1. The highest BCUT2D eigenvalue weighted by atomic mass is 35.5. The number of benzene rings is 1. The van der Waals surface area contributed by atoms with Gasteiger partial charge in [-0.25, -0.2) is 0 Å². The van der Waals surface area contributed by atoms with E-state index in [1.54, 1.807) is 6.20 Å². The quantitative estimate of drug-likeness (QED) is 0.815. The first kappa shape index (κ1) is 14.3. The van der Waals surface area contributed by atoms with E-state index in [-0.39, 0.29) is 6.04 Å². The van der Waals surface area contributed by atoms with Gasteiger partial charge in [0.25, 0.3) is 0 Å². The Balaban J connectivity index is 2.05. The van der Waals surface area contributed by atoms with Crippen LogP contribution in [0.25, 0.3) is 5.70 Å². The summed E-state index contributed by atoms with van der Waals surface area (Å²) in [4.78, 5) is 4.33. The lowest BCUT2D eigenvalue weighted by molar-refractivity contribution is 0.764. The highest BCUT2D eigenvalue weighted by Crippen LogP contribution is 2.33. The molecule has 1 aliphatic heterocycles. The molecule has 21 heavy (non-hydrogen) atoms. The van der Waals surface area contributed by atoms with E-state index in [0.717, 1.165) is 17.0 Å². The molecule has 0 saturated carbocycles. The fourth-order valence-electron chi connectivity index (χ4n) is 2.18. The normalized spacial score (nSPS) is 17.7. The van der Waals surface area contributed by atoms with Crippen LogP contribution in [-0.2, 0) is 0 Å². The van der Waals surface area contributed by atoms with Crippen LogP contribution in [0.5, 0.6) is 0 Å². The molecule has 106 valence electrons. The first-order valence-electron chi connectivity index (χ1n) is 6.30. The molecule has 2 N–H and O–H groups in total. The summed E-state index contributed by atoms with van der Waals surface area (Å²) in [5.41, 5.74) is 2.45. The summed E-state index contributed by atoms with van der Waals surface area (Å²) in [5.74, 6) is 0. The molecule has 0 saturated heterocycles. The third-order valence-corrected chi connectivity index (χ3v) is 4.00. The van der Waals surface area contributed by atoms with Crippen molar-refractivity contribution in [1.82, 2.24) is 15.6 Å². The maximum atomic E-state index is 6.27. The van der Waals surface area contributed by atoms with Crippen LogP contribution < -0.4 is 10.6 Å². The minimum Gasteiger partial charge on any atom is -0.352 e. The average Bonchev–Trinajstić information content (AvgIpc) is 2.47. The van der Waals surface area contributed by atoms with Gasteiger partial charge in [-0.05, 0) is 42.6 Å². The summed E-state index contributed by atoms with van der Waals surface area (Å²) in [6.45, 7) is 0. The number of nitrogens with zero attached hydrogens (tertiary/aromatic N) is 1. The van der Waals surface area contributed by atoms with Gasteiger partial charge in [0, 0.05) is 21.8 Å². The van der Waals surface area contributed by atoms with E-state index >= 15 is 0 Å². The highest BCUT2D eigenvalue weighted by Gasteiger charge is 2.22. The van der Waals surface area contributed by atoms with Crippen molar-refractivity contribution in [2.45, 2.75) is 6.04 Å². The fourth-order valence-corrected chi connectivity index (χ4v) is 3.05. The fraction of sp³-hybridized carbons (Fsp3) is 0.0667. The van der Waals surface area contributed by atoms with Crippen LogP contribution >= 0.6 is 35.4 Å². The van der Waals surface area contributed by atoms with Crippen molar-refractivity contribution < 1.29 is 0 Å².